The SMILES string of the molecule is CS[C@@H]1CC[C@@H](NC(=O)N(C2CC2)[C@H](C)c2ccco2)C1. The summed E-state index contributed by atoms with van der Waals surface area (Å²) in [4.78, 5) is 14.7. The Balaban J connectivity index is 1.63. The van der Waals surface area contributed by atoms with Gasteiger partial charge in [-0.3, -0.25) is 0 Å². The minimum Gasteiger partial charge on any atom is -0.467 e. The lowest BCUT2D eigenvalue weighted by Gasteiger charge is -2.29. The summed E-state index contributed by atoms with van der Waals surface area (Å²) in [6.45, 7) is 2.05. The second-order valence-electron chi connectivity index (χ2n) is 6.15. The van der Waals surface area contributed by atoms with Crippen molar-refractivity contribution < 1.29 is 9.21 Å². The van der Waals surface area contributed by atoms with Crippen LogP contribution in [-0.2, 0) is 0 Å². The third-order valence-electron chi connectivity index (χ3n) is 4.59. The van der Waals surface area contributed by atoms with E-state index >= 15 is 0 Å². The van der Waals surface area contributed by atoms with E-state index in [1.54, 1.807) is 6.26 Å². The molecule has 0 aliphatic heterocycles. The minimum atomic E-state index is 0.00486. The maximum atomic E-state index is 12.7. The lowest BCUT2D eigenvalue weighted by Crippen LogP contribution is -2.46. The Morgan fingerprint density at radius 1 is 1.43 bits per heavy atom. The van der Waals surface area contributed by atoms with Crippen LogP contribution in [0.5, 0.6) is 0 Å². The topological polar surface area (TPSA) is 45.5 Å². The van der Waals surface area contributed by atoms with E-state index in [2.05, 4.69) is 18.5 Å². The highest BCUT2D eigenvalue weighted by atomic mass is 32.2. The summed E-state index contributed by atoms with van der Waals surface area (Å²) in [6.07, 6.45) is 9.46. The predicted molar refractivity (Wildman–Crippen MR) is 85.5 cm³/mol. The predicted octanol–water partition coefficient (Wildman–Crippen LogP) is 3.80. The number of furan rings is 1. The zero-order chi connectivity index (χ0) is 14.8. The van der Waals surface area contributed by atoms with Crippen molar-refractivity contribution in [2.75, 3.05) is 6.26 Å². The minimum absolute atomic E-state index is 0.00486. The molecule has 0 spiro atoms. The van der Waals surface area contributed by atoms with Crippen molar-refractivity contribution in [1.29, 1.82) is 0 Å². The van der Waals surface area contributed by atoms with Crippen molar-refractivity contribution >= 4 is 17.8 Å². The van der Waals surface area contributed by atoms with E-state index in [1.165, 1.54) is 6.42 Å². The van der Waals surface area contributed by atoms with Gasteiger partial charge in [0.1, 0.15) is 5.76 Å². The van der Waals surface area contributed by atoms with E-state index in [9.17, 15) is 4.79 Å². The van der Waals surface area contributed by atoms with Gasteiger partial charge in [-0.05, 0) is 57.4 Å². The molecule has 1 aromatic rings. The van der Waals surface area contributed by atoms with Gasteiger partial charge in [0, 0.05) is 17.3 Å². The van der Waals surface area contributed by atoms with Gasteiger partial charge in [-0.25, -0.2) is 4.79 Å². The van der Waals surface area contributed by atoms with Crippen LogP contribution in [0.15, 0.2) is 22.8 Å². The molecule has 2 saturated carbocycles. The number of rotatable bonds is 5. The van der Waals surface area contributed by atoms with Crippen LogP contribution in [0.1, 0.15) is 50.8 Å². The number of nitrogens with zero attached hydrogens (tertiary/aromatic N) is 1. The van der Waals surface area contributed by atoms with Gasteiger partial charge in [0.25, 0.3) is 0 Å². The molecule has 2 fully saturated rings. The van der Waals surface area contributed by atoms with Crippen LogP contribution in [-0.4, -0.2) is 34.5 Å². The molecule has 21 heavy (non-hydrogen) atoms. The van der Waals surface area contributed by atoms with Crippen molar-refractivity contribution in [2.45, 2.75) is 62.4 Å². The third kappa shape index (κ3) is 3.39. The van der Waals surface area contributed by atoms with Crippen LogP contribution in [0.4, 0.5) is 4.79 Å². The third-order valence-corrected chi connectivity index (χ3v) is 5.69. The molecule has 0 aromatic carbocycles. The van der Waals surface area contributed by atoms with Gasteiger partial charge >= 0.3 is 6.03 Å². The number of amides is 2. The summed E-state index contributed by atoms with van der Waals surface area (Å²) in [5.74, 6) is 0.866. The fourth-order valence-corrected chi connectivity index (χ4v) is 4.01. The summed E-state index contributed by atoms with van der Waals surface area (Å²) in [7, 11) is 0. The molecule has 2 aliphatic carbocycles. The summed E-state index contributed by atoms with van der Waals surface area (Å²) in [6, 6.07) is 4.63. The largest absolute Gasteiger partial charge is 0.467 e. The maximum Gasteiger partial charge on any atom is 0.318 e. The highest BCUT2D eigenvalue weighted by Crippen LogP contribution is 2.35. The van der Waals surface area contributed by atoms with Gasteiger partial charge in [-0.2, -0.15) is 11.8 Å². The highest BCUT2D eigenvalue weighted by molar-refractivity contribution is 7.99. The van der Waals surface area contributed by atoms with E-state index in [1.807, 2.05) is 28.8 Å². The first-order chi connectivity index (χ1) is 10.2. The second-order valence-corrected chi connectivity index (χ2v) is 7.29. The normalized spacial score (nSPS) is 26.6. The highest BCUT2D eigenvalue weighted by Gasteiger charge is 2.38. The fourth-order valence-electron chi connectivity index (χ4n) is 3.21. The number of urea groups is 1. The number of hydrogen-bond acceptors (Lipinski definition) is 3. The maximum absolute atomic E-state index is 12.7. The smallest absolute Gasteiger partial charge is 0.318 e. The molecule has 0 saturated heterocycles. The number of nitrogens with one attached hydrogen (secondary N) is 1. The standard InChI is InChI=1S/C16H24N2O2S/c1-11(15-4-3-9-20-15)18(13-6-7-13)16(19)17-12-5-8-14(10-12)21-2/h3-4,9,11-14H,5-8,10H2,1-2H3,(H,17,19)/t11-,12-,14-/m1/s1. The molecule has 1 heterocycles. The van der Waals surface area contributed by atoms with E-state index in [0.29, 0.717) is 17.3 Å². The Labute approximate surface area is 130 Å². The molecule has 5 heteroatoms. The fraction of sp³-hybridized carbons (Fsp3) is 0.688. The molecular formula is C16H24N2O2S. The summed E-state index contributed by atoms with van der Waals surface area (Å²) >= 11 is 1.91. The molecule has 2 aliphatic rings. The van der Waals surface area contributed by atoms with Crippen molar-refractivity contribution in [3.05, 3.63) is 24.2 Å². The molecular weight excluding hydrogens is 284 g/mol. The lowest BCUT2D eigenvalue weighted by molar-refractivity contribution is 0.163. The number of carbonyl (C=O) groups is 1. The molecule has 4 nitrogen and oxygen atoms in total. The number of carbonyl (C=O) groups excluding carboxylic acids is 1. The molecule has 0 radical (unpaired) electrons. The molecule has 3 atom stereocenters. The molecule has 3 rings (SSSR count). The van der Waals surface area contributed by atoms with Crippen LogP contribution in [0.25, 0.3) is 0 Å². The molecule has 116 valence electrons. The number of hydrogen-bond donors (Lipinski definition) is 1. The summed E-state index contributed by atoms with van der Waals surface area (Å²) in [5, 5.41) is 3.94. The van der Waals surface area contributed by atoms with Crippen LogP contribution in [0.3, 0.4) is 0 Å². The molecule has 1 aromatic heterocycles. The van der Waals surface area contributed by atoms with Gasteiger partial charge in [0.2, 0.25) is 0 Å². The summed E-state index contributed by atoms with van der Waals surface area (Å²) in [5.41, 5.74) is 0. The lowest BCUT2D eigenvalue weighted by atomic mass is 10.2. The van der Waals surface area contributed by atoms with Crippen molar-refractivity contribution in [1.82, 2.24) is 10.2 Å². The second kappa shape index (κ2) is 6.34. The zero-order valence-corrected chi connectivity index (χ0v) is 13.6. The van der Waals surface area contributed by atoms with E-state index < -0.39 is 0 Å². The Hall–Kier alpha value is -1.10. The average molecular weight is 308 g/mol. The number of thioether (sulfide) groups is 1. The van der Waals surface area contributed by atoms with Gasteiger partial charge < -0.3 is 14.6 Å². The quantitative estimate of drug-likeness (QED) is 0.900. The Kier molecular flexibility index (Phi) is 4.48. The van der Waals surface area contributed by atoms with Gasteiger partial charge in [-0.15, -0.1) is 0 Å². The molecule has 0 unspecified atom stereocenters. The van der Waals surface area contributed by atoms with Crippen LogP contribution < -0.4 is 5.32 Å². The van der Waals surface area contributed by atoms with Gasteiger partial charge in [0.15, 0.2) is 0 Å². The molecule has 2 amide bonds. The van der Waals surface area contributed by atoms with Crippen molar-refractivity contribution in [2.24, 2.45) is 0 Å². The van der Waals surface area contributed by atoms with Gasteiger partial charge in [0.05, 0.1) is 12.3 Å². The van der Waals surface area contributed by atoms with E-state index in [4.69, 9.17) is 4.42 Å². The van der Waals surface area contributed by atoms with Crippen molar-refractivity contribution in [3.8, 4) is 0 Å². The first-order valence-corrected chi connectivity index (χ1v) is 9.13. The zero-order valence-electron chi connectivity index (χ0n) is 12.7. The molecule has 1 N–H and O–H groups in total. The van der Waals surface area contributed by atoms with E-state index in [0.717, 1.165) is 31.4 Å². The Bertz CT molecular complexity index is 473. The van der Waals surface area contributed by atoms with Crippen LogP contribution >= 0.6 is 11.8 Å². The monoisotopic (exact) mass is 308 g/mol. The Morgan fingerprint density at radius 3 is 2.81 bits per heavy atom. The average Bonchev–Trinajstić information content (AvgIpc) is 2.99. The van der Waals surface area contributed by atoms with Crippen LogP contribution in [0, 0.1) is 0 Å². The van der Waals surface area contributed by atoms with Crippen molar-refractivity contribution in [3.63, 3.8) is 0 Å². The first-order valence-electron chi connectivity index (χ1n) is 7.84. The van der Waals surface area contributed by atoms with Gasteiger partial charge in [-0.1, -0.05) is 0 Å². The first kappa shape index (κ1) is 14.8. The van der Waals surface area contributed by atoms with E-state index in [-0.39, 0.29) is 12.1 Å². The summed E-state index contributed by atoms with van der Waals surface area (Å²) < 4.78 is 5.48. The Morgan fingerprint density at radius 2 is 2.24 bits per heavy atom. The van der Waals surface area contributed by atoms with Crippen LogP contribution in [0.2, 0.25) is 0 Å². The molecule has 0 bridgehead atoms.